The van der Waals surface area contributed by atoms with Crippen LogP contribution in [0.25, 0.3) is 10.8 Å². The average molecular weight is 474 g/mol. The molecule has 1 amide bonds. The second-order valence-corrected chi connectivity index (χ2v) is 9.33. The predicted molar refractivity (Wildman–Crippen MR) is 133 cm³/mol. The summed E-state index contributed by atoms with van der Waals surface area (Å²) < 4.78 is 12.8. The van der Waals surface area contributed by atoms with E-state index in [2.05, 4.69) is 69.2 Å². The lowest BCUT2D eigenvalue weighted by atomic mass is 10.0. The summed E-state index contributed by atoms with van der Waals surface area (Å²) in [5, 5.41) is 14.5. The molecule has 3 heterocycles. The van der Waals surface area contributed by atoms with E-state index >= 15 is 0 Å². The molecule has 35 heavy (non-hydrogen) atoms. The zero-order chi connectivity index (χ0) is 24.4. The number of carbonyl (C=O) groups is 1. The van der Waals surface area contributed by atoms with Gasteiger partial charge in [-0.05, 0) is 29.0 Å². The van der Waals surface area contributed by atoms with Gasteiger partial charge in [-0.1, -0.05) is 44.2 Å². The molecular weight excluding hydrogens is 442 g/mol. The zero-order valence-electron chi connectivity index (χ0n) is 20.4. The summed E-state index contributed by atoms with van der Waals surface area (Å²) in [6.07, 6.45) is 3.77. The smallest absolute Gasteiger partial charge is 0.255 e. The molecule has 8 nitrogen and oxygen atoms in total. The molecule has 182 valence electrons. The van der Waals surface area contributed by atoms with Crippen molar-refractivity contribution in [3.63, 3.8) is 0 Å². The third kappa shape index (κ3) is 4.66. The van der Waals surface area contributed by atoms with Crippen molar-refractivity contribution < 1.29 is 13.9 Å². The Labute approximate surface area is 204 Å². The van der Waals surface area contributed by atoms with E-state index in [1.165, 1.54) is 23.5 Å². The number of carbonyl (C=O) groups excluding carboxylic acids is 1. The van der Waals surface area contributed by atoms with Crippen LogP contribution < -0.4 is 10.1 Å². The van der Waals surface area contributed by atoms with Crippen molar-refractivity contribution in [2.45, 2.75) is 39.4 Å². The van der Waals surface area contributed by atoms with E-state index in [1.54, 1.807) is 13.2 Å². The summed E-state index contributed by atoms with van der Waals surface area (Å²) in [6, 6.07) is 14.0. The number of benzene rings is 2. The number of nitrogens with zero attached hydrogens (tertiary/aromatic N) is 4. The van der Waals surface area contributed by atoms with Gasteiger partial charge >= 0.3 is 0 Å². The van der Waals surface area contributed by atoms with Crippen molar-refractivity contribution >= 4 is 16.7 Å². The first kappa shape index (κ1) is 23.1. The molecular formula is C27H31N5O3. The lowest BCUT2D eigenvalue weighted by molar-refractivity contribution is 0.0921. The number of ether oxygens (including phenoxy) is 1. The van der Waals surface area contributed by atoms with Gasteiger partial charge in [-0.15, -0.1) is 10.2 Å². The van der Waals surface area contributed by atoms with Crippen LogP contribution in [-0.4, -0.2) is 45.8 Å². The van der Waals surface area contributed by atoms with Crippen molar-refractivity contribution in [2.24, 2.45) is 5.92 Å². The highest BCUT2D eigenvalue weighted by Gasteiger charge is 2.28. The molecule has 0 fully saturated rings. The van der Waals surface area contributed by atoms with E-state index < -0.39 is 0 Å². The fourth-order valence-corrected chi connectivity index (χ4v) is 4.82. The molecule has 1 unspecified atom stereocenters. The third-order valence-corrected chi connectivity index (χ3v) is 6.75. The first-order chi connectivity index (χ1) is 17.0. The molecule has 0 saturated heterocycles. The first-order valence-electron chi connectivity index (χ1n) is 12.1. The molecule has 2 aromatic carbocycles. The molecule has 2 aromatic heterocycles. The van der Waals surface area contributed by atoms with Gasteiger partial charge in [0.1, 0.15) is 17.8 Å². The van der Waals surface area contributed by atoms with E-state index in [4.69, 9.17) is 9.15 Å². The van der Waals surface area contributed by atoms with Gasteiger partial charge in [0.15, 0.2) is 5.82 Å². The van der Waals surface area contributed by atoms with Gasteiger partial charge in [0.05, 0.1) is 25.0 Å². The summed E-state index contributed by atoms with van der Waals surface area (Å²) in [5.41, 5.74) is 1.79. The second-order valence-electron chi connectivity index (χ2n) is 9.33. The van der Waals surface area contributed by atoms with Crippen LogP contribution in [0.2, 0.25) is 0 Å². The monoisotopic (exact) mass is 473 g/mol. The molecule has 1 aliphatic heterocycles. The fraction of sp³-hybridized carbons (Fsp3) is 0.370. The Bertz CT molecular complexity index is 1310. The molecule has 0 spiro atoms. The van der Waals surface area contributed by atoms with Crippen molar-refractivity contribution in [2.75, 3.05) is 20.2 Å². The quantitative estimate of drug-likeness (QED) is 0.433. The topological polar surface area (TPSA) is 85.4 Å². The van der Waals surface area contributed by atoms with E-state index in [9.17, 15) is 4.79 Å². The second kappa shape index (κ2) is 9.92. The lowest BCUT2D eigenvalue weighted by Gasteiger charge is -2.23. The molecule has 5 rings (SSSR count). The Morgan fingerprint density at radius 2 is 1.91 bits per heavy atom. The maximum Gasteiger partial charge on any atom is 0.255 e. The number of fused-ring (bicyclic) bond motifs is 2. The lowest BCUT2D eigenvalue weighted by Crippen LogP contribution is -2.34. The third-order valence-electron chi connectivity index (χ3n) is 6.75. The minimum absolute atomic E-state index is 0.157. The highest BCUT2D eigenvalue weighted by Crippen LogP contribution is 2.29. The fourth-order valence-electron chi connectivity index (χ4n) is 4.82. The van der Waals surface area contributed by atoms with E-state index in [-0.39, 0.29) is 17.9 Å². The Morgan fingerprint density at radius 3 is 2.66 bits per heavy atom. The molecule has 1 atom stereocenters. The molecule has 1 aliphatic rings. The van der Waals surface area contributed by atoms with Crippen LogP contribution in [0.4, 0.5) is 0 Å². The normalized spacial score (nSPS) is 15.1. The molecule has 0 radical (unpaired) electrons. The average Bonchev–Trinajstić information content (AvgIpc) is 3.50. The molecule has 0 aliphatic carbocycles. The number of aromatic nitrogens is 3. The van der Waals surface area contributed by atoms with E-state index in [0.717, 1.165) is 55.4 Å². The number of nitrogens with one attached hydrogen (secondary N) is 1. The molecule has 8 heteroatoms. The molecule has 1 N–H and O–H groups in total. The highest BCUT2D eigenvalue weighted by atomic mass is 16.5. The van der Waals surface area contributed by atoms with Gasteiger partial charge in [0.25, 0.3) is 5.91 Å². The van der Waals surface area contributed by atoms with Gasteiger partial charge in [0, 0.05) is 38.0 Å². The Hall–Kier alpha value is -3.65. The number of rotatable bonds is 7. The Balaban J connectivity index is 1.34. The van der Waals surface area contributed by atoms with Crippen molar-refractivity contribution in [1.29, 1.82) is 0 Å². The number of hydrogen-bond donors (Lipinski definition) is 1. The van der Waals surface area contributed by atoms with E-state index in [0.29, 0.717) is 5.56 Å². The van der Waals surface area contributed by atoms with Crippen LogP contribution >= 0.6 is 0 Å². The standard InChI is InChI=1S/C27H31N5O3/c1-18(2)25(28-27(33)20-11-15-35-17-20)26-30-29-24-10-12-31(13-14-32(24)26)16-19-8-9-23(34-3)22-7-5-4-6-21(19)22/h4-9,11,15,17-18,25H,10,12-14,16H2,1-3H3,(H,28,33). The Morgan fingerprint density at radius 1 is 1.09 bits per heavy atom. The van der Waals surface area contributed by atoms with Crippen LogP contribution in [0.1, 0.15) is 47.5 Å². The zero-order valence-corrected chi connectivity index (χ0v) is 20.4. The van der Waals surface area contributed by atoms with Gasteiger partial charge in [-0.3, -0.25) is 9.69 Å². The number of amides is 1. The SMILES string of the molecule is COc1ccc(CN2CCc3nnc(C(NC(=O)c4ccoc4)C(C)C)n3CC2)c2ccccc12. The van der Waals surface area contributed by atoms with Gasteiger partial charge in [-0.2, -0.15) is 0 Å². The molecule has 0 saturated carbocycles. The maximum atomic E-state index is 12.7. The van der Waals surface area contributed by atoms with Crippen LogP contribution in [0, 0.1) is 5.92 Å². The van der Waals surface area contributed by atoms with Crippen LogP contribution in [-0.2, 0) is 19.5 Å². The number of furan rings is 1. The summed E-state index contributed by atoms with van der Waals surface area (Å²) in [6.45, 7) is 7.56. The maximum absolute atomic E-state index is 12.7. The van der Waals surface area contributed by atoms with E-state index in [1.807, 2.05) is 6.07 Å². The van der Waals surface area contributed by atoms with Crippen LogP contribution in [0.3, 0.4) is 0 Å². The summed E-state index contributed by atoms with van der Waals surface area (Å²) in [7, 11) is 1.71. The van der Waals surface area contributed by atoms with Crippen LogP contribution in [0.5, 0.6) is 5.75 Å². The van der Waals surface area contributed by atoms with Gasteiger partial charge < -0.3 is 19.0 Å². The van der Waals surface area contributed by atoms with Gasteiger partial charge in [0.2, 0.25) is 0 Å². The molecule has 0 bridgehead atoms. The van der Waals surface area contributed by atoms with Crippen LogP contribution in [0.15, 0.2) is 59.4 Å². The van der Waals surface area contributed by atoms with Crippen molar-refractivity contribution in [3.8, 4) is 5.75 Å². The molecule has 4 aromatic rings. The Kier molecular flexibility index (Phi) is 6.55. The number of hydrogen-bond acceptors (Lipinski definition) is 6. The summed E-state index contributed by atoms with van der Waals surface area (Å²) in [4.78, 5) is 15.2. The predicted octanol–water partition coefficient (Wildman–Crippen LogP) is 4.22. The summed E-state index contributed by atoms with van der Waals surface area (Å²) >= 11 is 0. The minimum Gasteiger partial charge on any atom is -0.496 e. The minimum atomic E-state index is -0.240. The van der Waals surface area contributed by atoms with Gasteiger partial charge in [-0.25, -0.2) is 0 Å². The summed E-state index contributed by atoms with van der Waals surface area (Å²) in [5.74, 6) is 2.66. The first-order valence-corrected chi connectivity index (χ1v) is 12.1. The highest BCUT2D eigenvalue weighted by molar-refractivity contribution is 5.94. The number of methoxy groups -OCH3 is 1. The largest absolute Gasteiger partial charge is 0.496 e. The van der Waals surface area contributed by atoms with Crippen molar-refractivity contribution in [3.05, 3.63) is 77.8 Å². The van der Waals surface area contributed by atoms with Crippen molar-refractivity contribution in [1.82, 2.24) is 25.0 Å².